The van der Waals surface area contributed by atoms with Crippen molar-refractivity contribution in [3.63, 3.8) is 0 Å². The van der Waals surface area contributed by atoms with Crippen LogP contribution in [0.1, 0.15) is 15.9 Å². The molecule has 0 heterocycles. The van der Waals surface area contributed by atoms with Gasteiger partial charge in [0, 0.05) is 0 Å². The highest BCUT2D eigenvalue weighted by molar-refractivity contribution is 5.95. The zero-order valence-electron chi connectivity index (χ0n) is 7.30. The fourth-order valence-electron chi connectivity index (χ4n) is 1.09. The van der Waals surface area contributed by atoms with E-state index in [9.17, 15) is 14.9 Å². The summed E-state index contributed by atoms with van der Waals surface area (Å²) in [4.78, 5) is 20.3. The van der Waals surface area contributed by atoms with E-state index in [4.69, 9.17) is 16.1 Å². The molecule has 0 atom stereocenters. The van der Waals surface area contributed by atoms with Crippen LogP contribution in [0.3, 0.4) is 0 Å². The molecule has 3 N–H and O–H groups in total. The number of nitro groups is 1. The summed E-state index contributed by atoms with van der Waals surface area (Å²) < 4.78 is 0. The van der Waals surface area contributed by atoms with Gasteiger partial charge in [0.15, 0.2) is 0 Å². The summed E-state index contributed by atoms with van der Waals surface area (Å²) in [6, 6.07) is 3.64. The summed E-state index contributed by atoms with van der Waals surface area (Å²) >= 11 is 0. The number of carbonyl (C=O) groups is 1. The summed E-state index contributed by atoms with van der Waals surface area (Å²) in [5.74, 6) is -1.49. The molecule has 0 saturated heterocycles. The summed E-state index contributed by atoms with van der Waals surface area (Å²) in [6.07, 6.45) is 0. The Kier molecular flexibility index (Phi) is 2.53. The highest BCUT2D eigenvalue weighted by Gasteiger charge is 2.24. The zero-order chi connectivity index (χ0) is 11.6. The van der Waals surface area contributed by atoms with Crippen molar-refractivity contribution in [3.05, 3.63) is 33.4 Å². The van der Waals surface area contributed by atoms with E-state index in [0.717, 1.165) is 12.1 Å². The first-order valence-corrected chi connectivity index (χ1v) is 3.68. The first-order valence-electron chi connectivity index (χ1n) is 3.68. The number of nitro benzene ring substituents is 1. The molecule has 0 aliphatic carbocycles. The molecule has 0 spiro atoms. The maximum absolute atomic E-state index is 10.7. The third kappa shape index (κ3) is 1.83. The van der Waals surface area contributed by atoms with Crippen LogP contribution in [-0.4, -0.2) is 16.0 Å². The van der Waals surface area contributed by atoms with E-state index in [1.54, 1.807) is 6.07 Å². The molecule has 0 fully saturated rings. The first-order chi connectivity index (χ1) is 6.97. The number of anilines is 1. The maximum Gasteiger partial charge on any atom is 0.342 e. The van der Waals surface area contributed by atoms with E-state index in [0.29, 0.717) is 0 Å². The van der Waals surface area contributed by atoms with E-state index in [1.807, 2.05) is 0 Å². The van der Waals surface area contributed by atoms with Gasteiger partial charge in [-0.1, -0.05) is 0 Å². The van der Waals surface area contributed by atoms with Gasteiger partial charge in [-0.05, 0) is 12.1 Å². The number of hydrogen-bond acceptors (Lipinski definition) is 5. The van der Waals surface area contributed by atoms with Crippen molar-refractivity contribution in [2.24, 2.45) is 0 Å². The lowest BCUT2D eigenvalue weighted by Crippen LogP contribution is -2.06. The molecule has 0 aromatic heterocycles. The van der Waals surface area contributed by atoms with Crippen LogP contribution in [0.4, 0.5) is 11.4 Å². The van der Waals surface area contributed by atoms with Crippen molar-refractivity contribution in [2.75, 3.05) is 5.73 Å². The van der Waals surface area contributed by atoms with Gasteiger partial charge in [-0.2, -0.15) is 5.26 Å². The number of nitrogen functional groups attached to an aromatic ring is 1. The molecule has 0 saturated carbocycles. The topological polar surface area (TPSA) is 130 Å². The molecule has 7 heteroatoms. The SMILES string of the molecule is N#Cc1cc(N)c([N+](=O)[O-])c(C(=O)O)c1. The largest absolute Gasteiger partial charge is 0.477 e. The summed E-state index contributed by atoms with van der Waals surface area (Å²) in [5, 5.41) is 27.7. The highest BCUT2D eigenvalue weighted by Crippen LogP contribution is 2.27. The Morgan fingerprint density at radius 1 is 1.60 bits per heavy atom. The van der Waals surface area contributed by atoms with Crippen LogP contribution in [0.5, 0.6) is 0 Å². The number of nitriles is 1. The second kappa shape index (κ2) is 3.63. The molecule has 1 aromatic carbocycles. The predicted octanol–water partition coefficient (Wildman–Crippen LogP) is 0.747. The second-order valence-electron chi connectivity index (χ2n) is 2.64. The van der Waals surface area contributed by atoms with Gasteiger partial charge in [0.05, 0.1) is 16.6 Å². The smallest absolute Gasteiger partial charge is 0.342 e. The van der Waals surface area contributed by atoms with E-state index in [1.165, 1.54) is 0 Å². The molecule has 76 valence electrons. The Hall–Kier alpha value is -2.62. The molecule has 0 amide bonds. The Morgan fingerprint density at radius 2 is 2.20 bits per heavy atom. The van der Waals surface area contributed by atoms with Gasteiger partial charge < -0.3 is 10.8 Å². The molecular weight excluding hydrogens is 202 g/mol. The van der Waals surface area contributed by atoms with Crippen molar-refractivity contribution < 1.29 is 14.8 Å². The Labute approximate surface area is 83.5 Å². The minimum absolute atomic E-state index is 0.0319. The fourth-order valence-corrected chi connectivity index (χ4v) is 1.09. The molecule has 15 heavy (non-hydrogen) atoms. The van der Waals surface area contributed by atoms with Gasteiger partial charge in [-0.25, -0.2) is 4.79 Å². The zero-order valence-corrected chi connectivity index (χ0v) is 7.30. The van der Waals surface area contributed by atoms with Gasteiger partial charge in [0.1, 0.15) is 11.3 Å². The highest BCUT2D eigenvalue weighted by atomic mass is 16.6. The van der Waals surface area contributed by atoms with Crippen molar-refractivity contribution >= 4 is 17.3 Å². The van der Waals surface area contributed by atoms with Crippen LogP contribution < -0.4 is 5.73 Å². The van der Waals surface area contributed by atoms with Crippen molar-refractivity contribution in [3.8, 4) is 6.07 Å². The summed E-state index contributed by atoms with van der Waals surface area (Å²) in [6.45, 7) is 0. The number of carboxylic acid groups (broad SMARTS) is 1. The number of nitrogens with zero attached hydrogens (tertiary/aromatic N) is 2. The van der Waals surface area contributed by atoms with E-state index in [-0.39, 0.29) is 11.3 Å². The van der Waals surface area contributed by atoms with Gasteiger partial charge in [0.2, 0.25) is 0 Å². The minimum atomic E-state index is -1.49. The van der Waals surface area contributed by atoms with Crippen LogP contribution >= 0.6 is 0 Å². The molecule has 0 bridgehead atoms. The third-order valence-corrected chi connectivity index (χ3v) is 1.68. The molecule has 0 unspecified atom stereocenters. The lowest BCUT2D eigenvalue weighted by molar-refractivity contribution is -0.384. The van der Waals surface area contributed by atoms with Crippen LogP contribution in [-0.2, 0) is 0 Å². The maximum atomic E-state index is 10.7. The van der Waals surface area contributed by atoms with Crippen molar-refractivity contribution in [1.29, 1.82) is 5.26 Å². The molecule has 1 rings (SSSR count). The molecule has 7 nitrogen and oxygen atoms in total. The number of nitrogens with two attached hydrogens (primary N) is 1. The number of benzene rings is 1. The third-order valence-electron chi connectivity index (χ3n) is 1.68. The molecule has 1 aromatic rings. The van der Waals surface area contributed by atoms with Gasteiger partial charge in [-0.15, -0.1) is 0 Å². The van der Waals surface area contributed by atoms with Gasteiger partial charge >= 0.3 is 11.7 Å². The Balaban J connectivity index is 3.58. The van der Waals surface area contributed by atoms with Crippen LogP contribution in [0.15, 0.2) is 12.1 Å². The van der Waals surface area contributed by atoms with Crippen LogP contribution in [0, 0.1) is 21.4 Å². The number of rotatable bonds is 2. The monoisotopic (exact) mass is 207 g/mol. The van der Waals surface area contributed by atoms with E-state index >= 15 is 0 Å². The normalized spacial score (nSPS) is 9.27. The van der Waals surface area contributed by atoms with Crippen LogP contribution in [0.25, 0.3) is 0 Å². The predicted molar refractivity (Wildman–Crippen MR) is 49.2 cm³/mol. The standard InChI is InChI=1S/C8H5N3O4/c9-3-4-1-5(8(12)13)7(11(14)15)6(10)2-4/h1-2H,10H2,(H,12,13). The number of hydrogen-bond donors (Lipinski definition) is 2. The lowest BCUT2D eigenvalue weighted by atomic mass is 10.1. The molecule has 0 aliphatic heterocycles. The summed E-state index contributed by atoms with van der Waals surface area (Å²) in [7, 11) is 0. The minimum Gasteiger partial charge on any atom is -0.477 e. The van der Waals surface area contributed by atoms with Gasteiger partial charge in [0.25, 0.3) is 0 Å². The molecule has 0 radical (unpaired) electrons. The number of aromatic carboxylic acids is 1. The fraction of sp³-hybridized carbons (Fsp3) is 0. The molecule has 0 aliphatic rings. The van der Waals surface area contributed by atoms with Crippen molar-refractivity contribution in [1.82, 2.24) is 0 Å². The van der Waals surface area contributed by atoms with Crippen molar-refractivity contribution in [2.45, 2.75) is 0 Å². The Morgan fingerprint density at radius 3 is 2.60 bits per heavy atom. The number of carboxylic acids is 1. The lowest BCUT2D eigenvalue weighted by Gasteiger charge is -2.01. The average Bonchev–Trinajstić information content (AvgIpc) is 2.15. The van der Waals surface area contributed by atoms with Gasteiger partial charge in [-0.3, -0.25) is 10.1 Å². The second-order valence-corrected chi connectivity index (χ2v) is 2.64. The van der Waals surface area contributed by atoms with E-state index < -0.39 is 22.1 Å². The molecular formula is C8H5N3O4. The quantitative estimate of drug-likeness (QED) is 0.418. The van der Waals surface area contributed by atoms with E-state index in [2.05, 4.69) is 0 Å². The summed E-state index contributed by atoms with van der Waals surface area (Å²) in [5.41, 5.74) is 3.63. The average molecular weight is 207 g/mol. The first kappa shape index (κ1) is 10.5. The van der Waals surface area contributed by atoms with Crippen LogP contribution in [0.2, 0.25) is 0 Å². The Bertz CT molecular complexity index is 489.